The molecular formula is C11H21Cu. The van der Waals surface area contributed by atoms with Gasteiger partial charge in [-0.1, -0.05) is 58.8 Å². The van der Waals surface area contributed by atoms with E-state index in [2.05, 4.69) is 20.8 Å². The summed E-state index contributed by atoms with van der Waals surface area (Å²) in [6, 6.07) is 0. The zero-order valence-electron chi connectivity index (χ0n) is 8.49. The Bertz CT molecular complexity index is 106. The SMILES string of the molecule is [CH-]=C(CCCCCC)C(C)C.[Cu+]. The van der Waals surface area contributed by atoms with Gasteiger partial charge in [0.05, 0.1) is 0 Å². The van der Waals surface area contributed by atoms with E-state index in [1.54, 1.807) is 0 Å². The van der Waals surface area contributed by atoms with Crippen LogP contribution in [0.25, 0.3) is 0 Å². The maximum Gasteiger partial charge on any atom is 1.00 e. The van der Waals surface area contributed by atoms with Gasteiger partial charge in [-0.15, -0.1) is 0 Å². The maximum atomic E-state index is 5.82. The van der Waals surface area contributed by atoms with Crippen LogP contribution in [0.4, 0.5) is 0 Å². The van der Waals surface area contributed by atoms with Crippen LogP contribution in [0.2, 0.25) is 0 Å². The minimum absolute atomic E-state index is 0. The summed E-state index contributed by atoms with van der Waals surface area (Å²) in [5, 5.41) is 0. The Labute approximate surface area is 88.3 Å². The molecule has 0 fully saturated rings. The summed E-state index contributed by atoms with van der Waals surface area (Å²) in [7, 11) is 0. The molecule has 0 radical (unpaired) electrons. The normalized spacial score (nSPS) is 9.67. The third-order valence-electron chi connectivity index (χ3n) is 2.06. The summed E-state index contributed by atoms with van der Waals surface area (Å²) < 4.78 is 0. The van der Waals surface area contributed by atoms with E-state index in [9.17, 15) is 0 Å². The van der Waals surface area contributed by atoms with Gasteiger partial charge in [0.25, 0.3) is 0 Å². The van der Waals surface area contributed by atoms with E-state index in [4.69, 9.17) is 6.58 Å². The first-order chi connectivity index (χ1) is 5.18. The molecule has 12 heavy (non-hydrogen) atoms. The molecule has 0 nitrogen and oxygen atoms in total. The molecule has 0 spiro atoms. The summed E-state index contributed by atoms with van der Waals surface area (Å²) in [5.41, 5.74) is 1.17. The number of rotatable bonds is 6. The second-order valence-electron chi connectivity index (χ2n) is 3.54. The molecule has 0 saturated carbocycles. The van der Waals surface area contributed by atoms with Gasteiger partial charge in [-0.05, 0) is 0 Å². The Morgan fingerprint density at radius 1 is 1.17 bits per heavy atom. The smallest absolute Gasteiger partial charge is 0.514 e. The van der Waals surface area contributed by atoms with Crippen LogP contribution in [0.1, 0.15) is 52.9 Å². The molecule has 0 heterocycles. The first-order valence-corrected chi connectivity index (χ1v) is 4.79. The monoisotopic (exact) mass is 216 g/mol. The van der Waals surface area contributed by atoms with Gasteiger partial charge in [-0.25, -0.2) is 0 Å². The number of unbranched alkanes of at least 4 members (excludes halogenated alkanes) is 3. The number of hydrogen-bond acceptors (Lipinski definition) is 0. The van der Waals surface area contributed by atoms with Gasteiger partial charge in [-0.3, -0.25) is 5.57 Å². The quantitative estimate of drug-likeness (QED) is 0.358. The molecule has 0 rings (SSSR count). The van der Waals surface area contributed by atoms with Crippen molar-refractivity contribution in [2.75, 3.05) is 0 Å². The first kappa shape index (κ1) is 14.8. The van der Waals surface area contributed by atoms with E-state index in [1.165, 1.54) is 31.3 Å². The van der Waals surface area contributed by atoms with E-state index in [-0.39, 0.29) is 17.1 Å². The molecule has 0 aliphatic heterocycles. The van der Waals surface area contributed by atoms with Gasteiger partial charge in [-0.2, -0.15) is 0 Å². The number of allylic oxidation sites excluding steroid dienone is 1. The van der Waals surface area contributed by atoms with Crippen LogP contribution >= 0.6 is 0 Å². The molecule has 0 unspecified atom stereocenters. The van der Waals surface area contributed by atoms with Crippen LogP contribution in [0.15, 0.2) is 5.57 Å². The third kappa shape index (κ3) is 8.36. The minimum Gasteiger partial charge on any atom is -0.514 e. The van der Waals surface area contributed by atoms with Crippen molar-refractivity contribution in [2.45, 2.75) is 52.9 Å². The molecule has 0 saturated heterocycles. The van der Waals surface area contributed by atoms with Crippen molar-refractivity contribution < 1.29 is 17.1 Å². The Kier molecular flexibility index (Phi) is 11.5. The zero-order chi connectivity index (χ0) is 8.69. The molecule has 0 amide bonds. The average Bonchev–Trinajstić information content (AvgIpc) is 1.97. The zero-order valence-corrected chi connectivity index (χ0v) is 9.43. The van der Waals surface area contributed by atoms with Gasteiger partial charge in [0.2, 0.25) is 0 Å². The van der Waals surface area contributed by atoms with E-state index >= 15 is 0 Å². The summed E-state index contributed by atoms with van der Waals surface area (Å²) in [4.78, 5) is 0. The average molecular weight is 217 g/mol. The molecule has 0 aliphatic rings. The standard InChI is InChI=1S/C11H21.Cu/c1-5-6-7-8-9-11(4)10(2)3;/h4,10H,5-9H2,1-3H3;/q-1;+1. The topological polar surface area (TPSA) is 0 Å². The molecule has 76 valence electrons. The molecule has 0 atom stereocenters. The van der Waals surface area contributed by atoms with Crippen LogP contribution in [0.5, 0.6) is 0 Å². The van der Waals surface area contributed by atoms with Crippen LogP contribution < -0.4 is 0 Å². The van der Waals surface area contributed by atoms with E-state index in [0.717, 1.165) is 6.42 Å². The predicted octanol–water partition coefficient (Wildman–Crippen LogP) is 3.97. The van der Waals surface area contributed by atoms with Crippen molar-refractivity contribution in [2.24, 2.45) is 5.92 Å². The maximum absolute atomic E-state index is 5.82. The molecule has 1 heteroatoms. The molecule has 0 aromatic rings. The van der Waals surface area contributed by atoms with Crippen LogP contribution in [-0.4, -0.2) is 0 Å². The molecule has 0 N–H and O–H groups in total. The van der Waals surface area contributed by atoms with Crippen molar-refractivity contribution in [3.05, 3.63) is 12.2 Å². The molecular weight excluding hydrogens is 196 g/mol. The van der Waals surface area contributed by atoms with Gasteiger partial charge >= 0.3 is 17.1 Å². The van der Waals surface area contributed by atoms with E-state index in [0.29, 0.717) is 5.92 Å². The first-order valence-electron chi connectivity index (χ1n) is 4.79. The second-order valence-corrected chi connectivity index (χ2v) is 3.54. The van der Waals surface area contributed by atoms with Crippen LogP contribution in [0, 0.1) is 12.5 Å². The van der Waals surface area contributed by atoms with Crippen LogP contribution in [0.3, 0.4) is 0 Å². The Morgan fingerprint density at radius 2 is 1.75 bits per heavy atom. The number of hydrogen-bond donors (Lipinski definition) is 0. The van der Waals surface area contributed by atoms with Gasteiger partial charge in [0, 0.05) is 0 Å². The molecule has 0 aromatic carbocycles. The fraction of sp³-hybridized carbons (Fsp3) is 0.818. The Hall–Kier alpha value is 0.259. The van der Waals surface area contributed by atoms with Gasteiger partial charge in [0.15, 0.2) is 0 Å². The van der Waals surface area contributed by atoms with E-state index in [1.807, 2.05) is 0 Å². The summed E-state index contributed by atoms with van der Waals surface area (Å²) in [6.07, 6.45) is 6.40. The minimum atomic E-state index is 0. The fourth-order valence-corrected chi connectivity index (χ4v) is 1.04. The van der Waals surface area contributed by atoms with Crippen molar-refractivity contribution in [3.8, 4) is 0 Å². The van der Waals surface area contributed by atoms with Gasteiger partial charge < -0.3 is 6.58 Å². The van der Waals surface area contributed by atoms with Crippen LogP contribution in [-0.2, 0) is 17.1 Å². The fourth-order valence-electron chi connectivity index (χ4n) is 1.04. The molecule has 0 aromatic heterocycles. The third-order valence-corrected chi connectivity index (χ3v) is 2.06. The largest absolute Gasteiger partial charge is 1.00 e. The molecule has 0 bridgehead atoms. The Balaban J connectivity index is 0. The molecule has 0 aliphatic carbocycles. The summed E-state index contributed by atoms with van der Waals surface area (Å²) in [6.45, 7) is 12.4. The predicted molar refractivity (Wildman–Crippen MR) is 51.4 cm³/mol. The van der Waals surface area contributed by atoms with E-state index < -0.39 is 0 Å². The van der Waals surface area contributed by atoms with Crippen molar-refractivity contribution in [1.29, 1.82) is 0 Å². The second kappa shape index (κ2) is 9.35. The van der Waals surface area contributed by atoms with Gasteiger partial charge in [0.1, 0.15) is 0 Å². The van der Waals surface area contributed by atoms with Crippen molar-refractivity contribution in [3.63, 3.8) is 0 Å². The Morgan fingerprint density at radius 3 is 2.17 bits per heavy atom. The van der Waals surface area contributed by atoms with Crippen molar-refractivity contribution >= 4 is 0 Å². The summed E-state index contributed by atoms with van der Waals surface area (Å²) >= 11 is 0. The van der Waals surface area contributed by atoms with Crippen molar-refractivity contribution in [1.82, 2.24) is 0 Å². The summed E-state index contributed by atoms with van der Waals surface area (Å²) in [5.74, 6) is 0.566.